The molecule has 0 bridgehead atoms. The standard InChI is InChI=1S/C18H21NO/c1-15(20)19-18-13-11-17(12-14-18)10-6-5-9-16-7-3-2-4-8-16/h2-4,7-8,11-14H,5-6,9-10H2,1H3,(H,19,20). The molecule has 104 valence electrons. The molecular weight excluding hydrogens is 246 g/mol. The van der Waals surface area contributed by atoms with E-state index in [4.69, 9.17) is 0 Å². The molecule has 0 saturated carbocycles. The summed E-state index contributed by atoms with van der Waals surface area (Å²) in [5.41, 5.74) is 3.60. The molecule has 0 aromatic heterocycles. The third-order valence-corrected chi connectivity index (χ3v) is 3.30. The topological polar surface area (TPSA) is 29.1 Å². The van der Waals surface area contributed by atoms with Crippen LogP contribution in [0.15, 0.2) is 54.6 Å². The smallest absolute Gasteiger partial charge is 0.221 e. The second-order valence-electron chi connectivity index (χ2n) is 5.07. The normalized spacial score (nSPS) is 10.2. The van der Waals surface area contributed by atoms with Crippen molar-refractivity contribution >= 4 is 11.6 Å². The molecule has 0 radical (unpaired) electrons. The van der Waals surface area contributed by atoms with E-state index in [1.54, 1.807) is 0 Å². The van der Waals surface area contributed by atoms with Gasteiger partial charge in [0, 0.05) is 12.6 Å². The number of carbonyl (C=O) groups excluding carboxylic acids is 1. The summed E-state index contributed by atoms with van der Waals surface area (Å²) in [5.74, 6) is -0.0272. The molecule has 2 rings (SSSR count). The number of benzene rings is 2. The number of carbonyl (C=O) groups is 1. The molecule has 2 nitrogen and oxygen atoms in total. The molecule has 2 aromatic rings. The van der Waals surface area contributed by atoms with Crippen LogP contribution in [0.25, 0.3) is 0 Å². The van der Waals surface area contributed by atoms with Crippen molar-refractivity contribution < 1.29 is 4.79 Å². The maximum absolute atomic E-state index is 10.9. The molecule has 0 unspecified atom stereocenters. The highest BCUT2D eigenvalue weighted by Crippen LogP contribution is 2.13. The van der Waals surface area contributed by atoms with Gasteiger partial charge in [0.05, 0.1) is 0 Å². The Bertz CT molecular complexity index is 531. The van der Waals surface area contributed by atoms with Crippen molar-refractivity contribution in [3.05, 3.63) is 65.7 Å². The maximum Gasteiger partial charge on any atom is 0.221 e. The molecule has 0 aliphatic heterocycles. The van der Waals surface area contributed by atoms with Gasteiger partial charge in [0.15, 0.2) is 0 Å². The Morgan fingerprint density at radius 2 is 1.40 bits per heavy atom. The van der Waals surface area contributed by atoms with Crippen LogP contribution >= 0.6 is 0 Å². The highest BCUT2D eigenvalue weighted by Gasteiger charge is 1.98. The third kappa shape index (κ3) is 4.88. The first kappa shape index (κ1) is 14.3. The van der Waals surface area contributed by atoms with E-state index in [0.29, 0.717) is 0 Å². The number of hydrogen-bond acceptors (Lipinski definition) is 1. The predicted octanol–water partition coefficient (Wildman–Crippen LogP) is 4.21. The van der Waals surface area contributed by atoms with Gasteiger partial charge in [-0.2, -0.15) is 0 Å². The van der Waals surface area contributed by atoms with E-state index in [2.05, 4.69) is 47.8 Å². The number of aryl methyl sites for hydroxylation is 2. The van der Waals surface area contributed by atoms with E-state index >= 15 is 0 Å². The van der Waals surface area contributed by atoms with E-state index in [0.717, 1.165) is 18.5 Å². The summed E-state index contributed by atoms with van der Waals surface area (Å²) < 4.78 is 0. The third-order valence-electron chi connectivity index (χ3n) is 3.30. The van der Waals surface area contributed by atoms with Crippen molar-refractivity contribution in [1.82, 2.24) is 0 Å². The monoisotopic (exact) mass is 267 g/mol. The van der Waals surface area contributed by atoms with Crippen molar-refractivity contribution in [1.29, 1.82) is 0 Å². The molecule has 0 aliphatic carbocycles. The summed E-state index contributed by atoms with van der Waals surface area (Å²) in [7, 11) is 0. The summed E-state index contributed by atoms with van der Waals surface area (Å²) >= 11 is 0. The predicted molar refractivity (Wildman–Crippen MR) is 83.8 cm³/mol. The summed E-state index contributed by atoms with van der Waals surface area (Å²) in [6.07, 6.45) is 4.63. The lowest BCUT2D eigenvalue weighted by Gasteiger charge is -2.05. The van der Waals surface area contributed by atoms with Crippen molar-refractivity contribution in [3.8, 4) is 0 Å². The summed E-state index contributed by atoms with van der Waals surface area (Å²) in [6.45, 7) is 1.53. The molecule has 0 atom stereocenters. The zero-order chi connectivity index (χ0) is 14.2. The van der Waals surface area contributed by atoms with Crippen LogP contribution in [0.1, 0.15) is 30.9 Å². The Labute approximate surface area is 120 Å². The van der Waals surface area contributed by atoms with E-state index in [9.17, 15) is 4.79 Å². The molecule has 20 heavy (non-hydrogen) atoms. The minimum Gasteiger partial charge on any atom is -0.326 e. The van der Waals surface area contributed by atoms with Crippen LogP contribution in [0, 0.1) is 0 Å². The molecule has 2 heteroatoms. The quantitative estimate of drug-likeness (QED) is 0.780. The highest BCUT2D eigenvalue weighted by atomic mass is 16.1. The Balaban J connectivity index is 1.73. The molecular formula is C18H21NO. The first-order valence-electron chi connectivity index (χ1n) is 7.14. The van der Waals surface area contributed by atoms with E-state index in [1.807, 2.05) is 12.1 Å². The molecule has 0 aliphatic rings. The first-order valence-corrected chi connectivity index (χ1v) is 7.14. The van der Waals surface area contributed by atoms with E-state index < -0.39 is 0 Å². The molecule has 0 saturated heterocycles. The van der Waals surface area contributed by atoms with Crippen LogP contribution in [0.4, 0.5) is 5.69 Å². The number of unbranched alkanes of at least 4 members (excludes halogenated alkanes) is 1. The van der Waals surface area contributed by atoms with Gasteiger partial charge in [0.1, 0.15) is 0 Å². The van der Waals surface area contributed by atoms with Crippen molar-refractivity contribution in [2.45, 2.75) is 32.6 Å². The number of rotatable bonds is 6. The fraction of sp³-hybridized carbons (Fsp3) is 0.278. The summed E-state index contributed by atoms with van der Waals surface area (Å²) in [6, 6.07) is 18.7. The molecule has 2 aromatic carbocycles. The van der Waals surface area contributed by atoms with Gasteiger partial charge in [-0.05, 0) is 48.9 Å². The van der Waals surface area contributed by atoms with Crippen molar-refractivity contribution in [2.24, 2.45) is 0 Å². The van der Waals surface area contributed by atoms with E-state index in [1.165, 1.54) is 30.9 Å². The Kier molecular flexibility index (Phi) is 5.36. The summed E-state index contributed by atoms with van der Waals surface area (Å²) in [4.78, 5) is 10.9. The molecule has 0 fully saturated rings. The van der Waals surface area contributed by atoms with Crippen LogP contribution in [0.5, 0.6) is 0 Å². The van der Waals surface area contributed by atoms with Gasteiger partial charge < -0.3 is 5.32 Å². The van der Waals surface area contributed by atoms with Crippen LogP contribution in [0.3, 0.4) is 0 Å². The van der Waals surface area contributed by atoms with Crippen LogP contribution < -0.4 is 5.32 Å². The van der Waals surface area contributed by atoms with Gasteiger partial charge in [-0.15, -0.1) is 0 Å². The van der Waals surface area contributed by atoms with Crippen LogP contribution in [0.2, 0.25) is 0 Å². The van der Waals surface area contributed by atoms with Gasteiger partial charge in [0.25, 0.3) is 0 Å². The van der Waals surface area contributed by atoms with Crippen LogP contribution in [-0.2, 0) is 17.6 Å². The lowest BCUT2D eigenvalue weighted by Crippen LogP contribution is -2.05. The van der Waals surface area contributed by atoms with Crippen molar-refractivity contribution in [2.75, 3.05) is 5.32 Å². The van der Waals surface area contributed by atoms with Crippen molar-refractivity contribution in [3.63, 3.8) is 0 Å². The number of anilines is 1. The number of amides is 1. The van der Waals surface area contributed by atoms with Gasteiger partial charge in [-0.25, -0.2) is 0 Å². The molecule has 0 heterocycles. The zero-order valence-corrected chi connectivity index (χ0v) is 11.9. The van der Waals surface area contributed by atoms with Crippen LogP contribution in [-0.4, -0.2) is 5.91 Å². The molecule has 1 amide bonds. The highest BCUT2D eigenvalue weighted by molar-refractivity contribution is 5.88. The average molecular weight is 267 g/mol. The largest absolute Gasteiger partial charge is 0.326 e. The average Bonchev–Trinajstić information content (AvgIpc) is 2.46. The van der Waals surface area contributed by atoms with Gasteiger partial charge in [0.2, 0.25) is 5.91 Å². The minimum absolute atomic E-state index is 0.0272. The Hall–Kier alpha value is -2.09. The van der Waals surface area contributed by atoms with Gasteiger partial charge >= 0.3 is 0 Å². The van der Waals surface area contributed by atoms with E-state index in [-0.39, 0.29) is 5.91 Å². The minimum atomic E-state index is -0.0272. The van der Waals surface area contributed by atoms with Gasteiger partial charge in [-0.3, -0.25) is 4.79 Å². The summed E-state index contributed by atoms with van der Waals surface area (Å²) in [5, 5.41) is 2.78. The zero-order valence-electron chi connectivity index (χ0n) is 11.9. The fourth-order valence-corrected chi connectivity index (χ4v) is 2.26. The number of nitrogens with one attached hydrogen (secondary N) is 1. The Morgan fingerprint density at radius 1 is 0.850 bits per heavy atom. The lowest BCUT2D eigenvalue weighted by molar-refractivity contribution is -0.114. The first-order chi connectivity index (χ1) is 9.74. The number of hydrogen-bond donors (Lipinski definition) is 1. The lowest BCUT2D eigenvalue weighted by atomic mass is 10.0. The Morgan fingerprint density at radius 3 is 1.95 bits per heavy atom. The molecule has 0 spiro atoms. The fourth-order valence-electron chi connectivity index (χ4n) is 2.26. The second-order valence-corrected chi connectivity index (χ2v) is 5.07. The second kappa shape index (κ2) is 7.49. The van der Waals surface area contributed by atoms with Gasteiger partial charge in [-0.1, -0.05) is 42.5 Å². The molecule has 1 N–H and O–H groups in total. The maximum atomic E-state index is 10.9. The SMILES string of the molecule is CC(=O)Nc1ccc(CCCCc2ccccc2)cc1.